The number of allylic oxidation sites excluding steroid dienone is 1. The average Bonchev–Trinajstić information content (AvgIpc) is 2.38. The molecule has 0 unspecified atom stereocenters. The largest absolute Gasteiger partial charge is 0.465 e. The number of ketones is 1. The van der Waals surface area contributed by atoms with E-state index in [0.717, 1.165) is 25.7 Å². The Morgan fingerprint density at radius 2 is 2.20 bits per heavy atom. The van der Waals surface area contributed by atoms with Gasteiger partial charge >= 0.3 is 5.97 Å². The second-order valence-corrected chi connectivity index (χ2v) is 6.76. The fourth-order valence-corrected chi connectivity index (χ4v) is 4.38. The Morgan fingerprint density at radius 1 is 1.50 bits per heavy atom. The van der Waals surface area contributed by atoms with Crippen LogP contribution in [0.2, 0.25) is 0 Å². The van der Waals surface area contributed by atoms with E-state index in [1.165, 1.54) is 0 Å². The number of hydrogen-bond donors (Lipinski definition) is 0. The van der Waals surface area contributed by atoms with Crippen molar-refractivity contribution in [3.63, 3.8) is 0 Å². The summed E-state index contributed by atoms with van der Waals surface area (Å²) in [4.78, 5) is 25.5. The maximum atomic E-state index is 12.9. The van der Waals surface area contributed by atoms with Gasteiger partial charge in [-0.3, -0.25) is 9.59 Å². The number of fused-ring (bicyclic) bond motifs is 2. The normalized spacial score (nSPS) is 35.5. The molecule has 2 bridgehead atoms. The molecule has 2 aliphatic rings. The molecule has 0 aromatic rings. The lowest BCUT2D eigenvalue weighted by molar-refractivity contribution is -0.185. The second kappa shape index (κ2) is 5.34. The smallest absolute Gasteiger partial charge is 0.320 e. The molecule has 0 heterocycles. The highest BCUT2D eigenvalue weighted by Gasteiger charge is 2.65. The number of esters is 1. The van der Waals surface area contributed by atoms with Gasteiger partial charge in [0.2, 0.25) is 0 Å². The predicted molar refractivity (Wildman–Crippen MR) is 78.1 cm³/mol. The fourth-order valence-electron chi connectivity index (χ4n) is 4.38. The van der Waals surface area contributed by atoms with Gasteiger partial charge in [-0.15, -0.1) is 6.58 Å². The van der Waals surface area contributed by atoms with Crippen LogP contribution in [-0.4, -0.2) is 18.4 Å². The topological polar surface area (TPSA) is 43.4 Å². The zero-order valence-corrected chi connectivity index (χ0v) is 12.9. The van der Waals surface area contributed by atoms with Gasteiger partial charge in [0.1, 0.15) is 5.41 Å². The summed E-state index contributed by atoms with van der Waals surface area (Å²) in [5.41, 5.74) is -1.29. The third-order valence-electron chi connectivity index (χ3n) is 5.66. The summed E-state index contributed by atoms with van der Waals surface area (Å²) in [5, 5.41) is 0. The van der Waals surface area contributed by atoms with Crippen LogP contribution in [-0.2, 0) is 14.3 Å². The monoisotopic (exact) mass is 278 g/mol. The average molecular weight is 278 g/mol. The van der Waals surface area contributed by atoms with Crippen LogP contribution < -0.4 is 0 Å². The van der Waals surface area contributed by atoms with Gasteiger partial charge < -0.3 is 4.74 Å². The molecule has 2 rings (SSSR count). The van der Waals surface area contributed by atoms with E-state index in [4.69, 9.17) is 4.74 Å². The van der Waals surface area contributed by atoms with E-state index in [1.54, 1.807) is 6.92 Å². The fraction of sp³-hybridized carbons (Fsp3) is 0.765. The number of hydrogen-bond acceptors (Lipinski definition) is 3. The van der Waals surface area contributed by atoms with Gasteiger partial charge in [0.15, 0.2) is 5.78 Å². The first kappa shape index (κ1) is 15.3. The van der Waals surface area contributed by atoms with Crippen LogP contribution in [0.1, 0.15) is 52.9 Å². The van der Waals surface area contributed by atoms with Crippen LogP contribution in [0.5, 0.6) is 0 Å². The van der Waals surface area contributed by atoms with Crippen molar-refractivity contribution in [3.05, 3.63) is 12.7 Å². The molecule has 2 aliphatic carbocycles. The third-order valence-corrected chi connectivity index (χ3v) is 5.66. The maximum absolute atomic E-state index is 12.9. The summed E-state index contributed by atoms with van der Waals surface area (Å²) in [5.74, 6) is 0.194. The molecular weight excluding hydrogens is 252 g/mol. The highest BCUT2D eigenvalue weighted by Crippen LogP contribution is 2.60. The van der Waals surface area contributed by atoms with Crippen molar-refractivity contribution in [2.75, 3.05) is 6.61 Å². The lowest BCUT2D eigenvalue weighted by Crippen LogP contribution is -2.61. The Morgan fingerprint density at radius 3 is 2.80 bits per heavy atom. The van der Waals surface area contributed by atoms with Crippen molar-refractivity contribution in [2.45, 2.75) is 52.9 Å². The van der Waals surface area contributed by atoms with Gasteiger partial charge in [-0.05, 0) is 43.9 Å². The quantitative estimate of drug-likeness (QED) is 0.449. The van der Waals surface area contributed by atoms with Crippen molar-refractivity contribution in [2.24, 2.45) is 22.7 Å². The maximum Gasteiger partial charge on any atom is 0.320 e. The lowest BCUT2D eigenvalue weighted by atomic mass is 9.45. The highest BCUT2D eigenvalue weighted by molar-refractivity contribution is 6.07. The molecule has 0 N–H and O–H groups in total. The van der Waals surface area contributed by atoms with Gasteiger partial charge in [0.25, 0.3) is 0 Å². The second-order valence-electron chi connectivity index (χ2n) is 6.76. The van der Waals surface area contributed by atoms with Crippen LogP contribution in [0.25, 0.3) is 0 Å². The van der Waals surface area contributed by atoms with Crippen LogP contribution >= 0.6 is 0 Å². The minimum atomic E-state index is -0.933. The van der Waals surface area contributed by atoms with Crippen LogP contribution in [0.4, 0.5) is 0 Å². The number of Topliss-reactive ketones (excluding diaryl/α,β-unsaturated/α-hetero) is 1. The Kier molecular flexibility index (Phi) is 4.08. The van der Waals surface area contributed by atoms with Crippen molar-refractivity contribution >= 4 is 11.8 Å². The summed E-state index contributed by atoms with van der Waals surface area (Å²) in [7, 11) is 0. The molecule has 0 saturated heterocycles. The summed E-state index contributed by atoms with van der Waals surface area (Å²) >= 11 is 0. The highest BCUT2D eigenvalue weighted by atomic mass is 16.5. The summed E-state index contributed by atoms with van der Waals surface area (Å²) in [6.07, 6.45) is 6.17. The van der Waals surface area contributed by atoms with Crippen molar-refractivity contribution in [1.29, 1.82) is 0 Å². The number of rotatable bonds is 4. The van der Waals surface area contributed by atoms with E-state index in [9.17, 15) is 9.59 Å². The molecule has 0 aliphatic heterocycles. The van der Waals surface area contributed by atoms with Crippen molar-refractivity contribution in [3.8, 4) is 0 Å². The molecular formula is C17H26O3. The first-order chi connectivity index (χ1) is 9.41. The number of carbonyl (C=O) groups excluding carboxylic acids is 2. The summed E-state index contributed by atoms with van der Waals surface area (Å²) in [6.45, 7) is 10.1. The van der Waals surface area contributed by atoms with Gasteiger partial charge in [0.05, 0.1) is 6.61 Å². The van der Waals surface area contributed by atoms with Crippen LogP contribution in [0.15, 0.2) is 12.7 Å². The summed E-state index contributed by atoms with van der Waals surface area (Å²) in [6, 6.07) is 0. The third kappa shape index (κ3) is 1.94. The van der Waals surface area contributed by atoms with Crippen LogP contribution in [0, 0.1) is 22.7 Å². The van der Waals surface area contributed by atoms with Crippen molar-refractivity contribution < 1.29 is 14.3 Å². The van der Waals surface area contributed by atoms with Gasteiger partial charge in [-0.1, -0.05) is 26.3 Å². The van der Waals surface area contributed by atoms with Crippen molar-refractivity contribution in [1.82, 2.24) is 0 Å². The summed E-state index contributed by atoms with van der Waals surface area (Å²) < 4.78 is 5.30. The number of carbonyl (C=O) groups is 2. The van der Waals surface area contributed by atoms with Gasteiger partial charge in [-0.25, -0.2) is 0 Å². The molecule has 3 nitrogen and oxygen atoms in total. The Hall–Kier alpha value is -1.12. The minimum absolute atomic E-state index is 0.0335. The Balaban J connectivity index is 2.48. The molecule has 20 heavy (non-hydrogen) atoms. The zero-order valence-electron chi connectivity index (χ0n) is 12.9. The molecule has 0 aromatic carbocycles. The SMILES string of the molecule is C=CC[C@@H]1C[C@H]2CCC[C@](C(=O)OCC)(C2=O)C1(C)C. The molecule has 2 fully saturated rings. The molecule has 0 aromatic heterocycles. The van der Waals surface area contributed by atoms with E-state index < -0.39 is 5.41 Å². The van der Waals surface area contributed by atoms with E-state index in [0.29, 0.717) is 18.9 Å². The van der Waals surface area contributed by atoms with E-state index in [-0.39, 0.29) is 23.1 Å². The van der Waals surface area contributed by atoms with E-state index in [1.807, 2.05) is 6.08 Å². The first-order valence-electron chi connectivity index (χ1n) is 7.74. The van der Waals surface area contributed by atoms with Gasteiger partial charge in [0, 0.05) is 5.92 Å². The first-order valence-corrected chi connectivity index (χ1v) is 7.74. The molecule has 2 saturated carbocycles. The van der Waals surface area contributed by atoms with Crippen LogP contribution in [0.3, 0.4) is 0 Å². The molecule has 3 atom stereocenters. The zero-order chi connectivity index (χ0) is 15.0. The molecule has 3 heteroatoms. The standard InChI is InChI=1S/C17H26O3/c1-5-8-13-11-12-9-7-10-17(14(12)18,16(13,3)4)15(19)20-6-2/h5,12-13H,1,6-11H2,2-4H3/t12-,13-,17-/m1/s1. The Labute approximate surface area is 121 Å². The van der Waals surface area contributed by atoms with E-state index in [2.05, 4.69) is 20.4 Å². The van der Waals surface area contributed by atoms with Gasteiger partial charge in [-0.2, -0.15) is 0 Å². The van der Waals surface area contributed by atoms with E-state index >= 15 is 0 Å². The Bertz CT molecular complexity index is 424. The molecule has 0 amide bonds. The lowest BCUT2D eigenvalue weighted by Gasteiger charge is -2.56. The predicted octanol–water partition coefficient (Wildman–Crippen LogP) is 3.53. The minimum Gasteiger partial charge on any atom is -0.465 e. The molecule has 0 spiro atoms. The number of ether oxygens (including phenoxy) is 1. The molecule has 112 valence electrons. The molecule has 0 radical (unpaired) electrons.